The van der Waals surface area contributed by atoms with Crippen molar-refractivity contribution in [2.45, 2.75) is 18.8 Å². The van der Waals surface area contributed by atoms with Crippen LogP contribution in [0, 0.1) is 0 Å². The molecule has 20 heteroatoms. The minimum absolute atomic E-state index is 0.0394. The predicted molar refractivity (Wildman–Crippen MR) is 177 cm³/mol. The standard InChI is InChI=1S/C20H14F3N5O2S.C11H4ClF3N4S/c21-20(22,23)16-8-12-17(26-4-3-11-1-2-14-15(7-11)30-10-29-14)27-18(28-19(12)31-16)13-9-24-5-6-25-13;12-8-5-3-7(11(13,14)15)20-10(5)19-9(18-8)6-4-16-1-2-17-6/h1-2,5-9H,3-4,10H2,(H,26,27,28);1-4H. The number of aromatic nitrogens is 8. The zero-order valence-corrected chi connectivity index (χ0v) is 27.7. The fourth-order valence-electron chi connectivity index (χ4n) is 4.70. The van der Waals surface area contributed by atoms with Crippen LogP contribution in [0.2, 0.25) is 5.15 Å². The molecule has 0 saturated carbocycles. The van der Waals surface area contributed by atoms with Crippen molar-refractivity contribution in [3.8, 4) is 34.5 Å². The van der Waals surface area contributed by atoms with Crippen molar-refractivity contribution >= 4 is 60.5 Å². The molecular formula is C31H18ClF6N9O2S2. The Morgan fingerprint density at radius 3 is 1.90 bits per heavy atom. The summed E-state index contributed by atoms with van der Waals surface area (Å²) >= 11 is 7.01. The fraction of sp³-hybridized carbons (Fsp3) is 0.161. The number of ether oxygens (including phenoxy) is 2. The molecule has 260 valence electrons. The van der Waals surface area contributed by atoms with E-state index >= 15 is 0 Å². The summed E-state index contributed by atoms with van der Waals surface area (Å²) in [5.74, 6) is 2.05. The molecular weight excluding hydrogens is 744 g/mol. The Hall–Kier alpha value is -5.27. The van der Waals surface area contributed by atoms with Crippen LogP contribution in [0.4, 0.5) is 32.2 Å². The van der Waals surface area contributed by atoms with Gasteiger partial charge in [-0.3, -0.25) is 9.97 Å². The smallest absolute Gasteiger partial charge is 0.425 e. The molecule has 7 heterocycles. The molecule has 11 nitrogen and oxygen atoms in total. The van der Waals surface area contributed by atoms with E-state index in [1.165, 1.54) is 37.2 Å². The summed E-state index contributed by atoms with van der Waals surface area (Å²) in [5.41, 5.74) is 1.72. The van der Waals surface area contributed by atoms with Crippen LogP contribution in [-0.4, -0.2) is 53.2 Å². The second-order valence-electron chi connectivity index (χ2n) is 10.4. The van der Waals surface area contributed by atoms with Crippen molar-refractivity contribution in [3.05, 3.63) is 88.0 Å². The minimum Gasteiger partial charge on any atom is -0.454 e. The Morgan fingerprint density at radius 1 is 0.706 bits per heavy atom. The maximum Gasteiger partial charge on any atom is 0.425 e. The van der Waals surface area contributed by atoms with E-state index in [9.17, 15) is 26.3 Å². The number of thiophene rings is 2. The van der Waals surface area contributed by atoms with Gasteiger partial charge in [-0.1, -0.05) is 17.7 Å². The van der Waals surface area contributed by atoms with E-state index in [-0.39, 0.29) is 38.6 Å². The minimum atomic E-state index is -4.46. The summed E-state index contributed by atoms with van der Waals surface area (Å²) in [4.78, 5) is 31.6. The van der Waals surface area contributed by atoms with E-state index in [0.717, 1.165) is 17.7 Å². The van der Waals surface area contributed by atoms with E-state index in [2.05, 4.69) is 45.2 Å². The van der Waals surface area contributed by atoms with Gasteiger partial charge in [0.2, 0.25) is 6.79 Å². The lowest BCUT2D eigenvalue weighted by Gasteiger charge is -2.09. The van der Waals surface area contributed by atoms with Gasteiger partial charge in [0.1, 0.15) is 41.8 Å². The van der Waals surface area contributed by atoms with Crippen molar-refractivity contribution in [2.24, 2.45) is 0 Å². The lowest BCUT2D eigenvalue weighted by Crippen LogP contribution is -2.08. The van der Waals surface area contributed by atoms with Gasteiger partial charge in [0.25, 0.3) is 0 Å². The lowest BCUT2D eigenvalue weighted by molar-refractivity contribution is -0.135. The van der Waals surface area contributed by atoms with Crippen molar-refractivity contribution in [1.82, 2.24) is 39.9 Å². The third-order valence-electron chi connectivity index (χ3n) is 7.03. The van der Waals surface area contributed by atoms with E-state index in [1.807, 2.05) is 18.2 Å². The van der Waals surface area contributed by atoms with Gasteiger partial charge in [-0.05, 0) is 36.2 Å². The van der Waals surface area contributed by atoms with Crippen LogP contribution in [-0.2, 0) is 18.8 Å². The Bertz CT molecular complexity index is 2340. The summed E-state index contributed by atoms with van der Waals surface area (Å²) in [7, 11) is 0. The number of hydrogen-bond acceptors (Lipinski definition) is 13. The van der Waals surface area contributed by atoms with Crippen LogP contribution in [0.25, 0.3) is 43.5 Å². The molecule has 51 heavy (non-hydrogen) atoms. The second-order valence-corrected chi connectivity index (χ2v) is 12.9. The molecule has 0 bridgehead atoms. The lowest BCUT2D eigenvalue weighted by atomic mass is 10.1. The average molecular weight is 762 g/mol. The van der Waals surface area contributed by atoms with Crippen LogP contribution in [0.1, 0.15) is 15.3 Å². The van der Waals surface area contributed by atoms with Crippen molar-refractivity contribution in [3.63, 3.8) is 0 Å². The number of anilines is 1. The number of nitrogens with one attached hydrogen (secondary N) is 1. The summed E-state index contributed by atoms with van der Waals surface area (Å²) in [6, 6.07) is 7.66. The maximum atomic E-state index is 13.3. The molecule has 6 aromatic heterocycles. The van der Waals surface area contributed by atoms with Gasteiger partial charge in [-0.25, -0.2) is 29.9 Å². The van der Waals surface area contributed by atoms with E-state index < -0.39 is 22.1 Å². The molecule has 0 atom stereocenters. The molecule has 1 aliphatic heterocycles. The molecule has 1 N–H and O–H groups in total. The first-order valence-corrected chi connectivity index (χ1v) is 16.5. The molecule has 8 rings (SSSR count). The Morgan fingerprint density at radius 2 is 1.29 bits per heavy atom. The van der Waals surface area contributed by atoms with Crippen molar-refractivity contribution in [2.75, 3.05) is 18.7 Å². The van der Waals surface area contributed by atoms with Crippen LogP contribution < -0.4 is 14.8 Å². The highest BCUT2D eigenvalue weighted by atomic mass is 35.5. The van der Waals surface area contributed by atoms with E-state index in [1.54, 1.807) is 0 Å². The Balaban J connectivity index is 0.000000175. The van der Waals surface area contributed by atoms with Gasteiger partial charge in [-0.2, -0.15) is 26.3 Å². The molecule has 0 amide bonds. The normalized spacial score (nSPS) is 12.6. The molecule has 1 aromatic carbocycles. The molecule has 0 radical (unpaired) electrons. The molecule has 0 fully saturated rings. The van der Waals surface area contributed by atoms with Crippen LogP contribution in [0.15, 0.2) is 67.5 Å². The van der Waals surface area contributed by atoms with E-state index in [0.29, 0.717) is 69.7 Å². The van der Waals surface area contributed by atoms with Gasteiger partial charge in [-0.15, -0.1) is 22.7 Å². The number of rotatable bonds is 6. The monoisotopic (exact) mass is 761 g/mol. The Labute approximate surface area is 295 Å². The number of nitrogens with zero attached hydrogens (tertiary/aromatic N) is 8. The summed E-state index contributed by atoms with van der Waals surface area (Å²) in [5, 5.41) is 3.60. The number of hydrogen-bond donors (Lipinski definition) is 1. The van der Waals surface area contributed by atoms with Crippen molar-refractivity contribution < 1.29 is 35.8 Å². The van der Waals surface area contributed by atoms with E-state index in [4.69, 9.17) is 21.1 Å². The van der Waals surface area contributed by atoms with Gasteiger partial charge in [0, 0.05) is 36.7 Å². The first-order valence-electron chi connectivity index (χ1n) is 14.5. The highest BCUT2D eigenvalue weighted by molar-refractivity contribution is 7.19. The molecule has 0 saturated heterocycles. The summed E-state index contributed by atoms with van der Waals surface area (Å²) in [6.07, 6.45) is 0.487. The zero-order valence-electron chi connectivity index (χ0n) is 25.3. The fourth-order valence-corrected chi connectivity index (χ4v) is 6.78. The molecule has 7 aromatic rings. The predicted octanol–water partition coefficient (Wildman–Crippen LogP) is 8.37. The van der Waals surface area contributed by atoms with Crippen LogP contribution in [0.5, 0.6) is 11.5 Å². The van der Waals surface area contributed by atoms with Gasteiger partial charge < -0.3 is 14.8 Å². The van der Waals surface area contributed by atoms with Gasteiger partial charge >= 0.3 is 12.4 Å². The second kappa shape index (κ2) is 13.8. The first kappa shape index (κ1) is 34.2. The topological polar surface area (TPSA) is 134 Å². The van der Waals surface area contributed by atoms with Crippen molar-refractivity contribution in [1.29, 1.82) is 0 Å². The SMILES string of the molecule is FC(F)(F)c1cc2c(Cl)nc(-c3cnccn3)nc2s1.FC(F)(F)c1cc2c(NCCc3ccc4c(c3)OCO4)nc(-c3cnccn3)nc2s1. The average Bonchev–Trinajstić information content (AvgIpc) is 3.88. The largest absolute Gasteiger partial charge is 0.454 e. The van der Waals surface area contributed by atoms with Gasteiger partial charge in [0.05, 0.1) is 17.8 Å². The van der Waals surface area contributed by atoms with Crippen LogP contribution in [0.3, 0.4) is 0 Å². The Kier molecular flexibility index (Phi) is 9.25. The van der Waals surface area contributed by atoms with Gasteiger partial charge in [0.15, 0.2) is 23.1 Å². The molecule has 0 aliphatic carbocycles. The first-order chi connectivity index (χ1) is 24.4. The molecule has 1 aliphatic rings. The summed E-state index contributed by atoms with van der Waals surface area (Å²) in [6.45, 7) is 0.643. The summed E-state index contributed by atoms with van der Waals surface area (Å²) < 4.78 is 88.5. The number of fused-ring (bicyclic) bond motifs is 3. The number of halogens is 7. The molecule has 0 unspecified atom stereocenters. The number of alkyl halides is 6. The zero-order chi connectivity index (χ0) is 35.8. The quantitative estimate of drug-likeness (QED) is 0.129. The van der Waals surface area contributed by atoms with Crippen LogP contribution >= 0.6 is 34.3 Å². The number of benzene rings is 1. The third kappa shape index (κ3) is 7.59. The highest BCUT2D eigenvalue weighted by Gasteiger charge is 2.35. The highest BCUT2D eigenvalue weighted by Crippen LogP contribution is 2.41. The molecule has 0 spiro atoms. The maximum absolute atomic E-state index is 13.3. The third-order valence-corrected chi connectivity index (χ3v) is 9.46.